The Morgan fingerprint density at radius 1 is 1.21 bits per heavy atom. The fourth-order valence-corrected chi connectivity index (χ4v) is 3.07. The summed E-state index contributed by atoms with van der Waals surface area (Å²) in [5, 5.41) is 0. The molecule has 0 aromatic heterocycles. The van der Waals surface area contributed by atoms with Crippen molar-refractivity contribution in [1.29, 1.82) is 0 Å². The van der Waals surface area contributed by atoms with E-state index in [4.69, 9.17) is 10.5 Å². The topological polar surface area (TPSA) is 41.7 Å². The molecule has 0 aliphatic carbocycles. The van der Waals surface area contributed by atoms with Crippen LogP contribution >= 0.6 is 0 Å². The average molecular weight is 261 g/mol. The van der Waals surface area contributed by atoms with Crippen molar-refractivity contribution >= 4 is 11.4 Å². The van der Waals surface area contributed by atoms with Gasteiger partial charge in [-0.25, -0.2) is 0 Å². The molecule has 4 heteroatoms. The molecule has 2 aliphatic heterocycles. The molecule has 104 valence electrons. The third-order valence-electron chi connectivity index (χ3n) is 4.34. The second-order valence-corrected chi connectivity index (χ2v) is 5.58. The van der Waals surface area contributed by atoms with Crippen molar-refractivity contribution in [3.05, 3.63) is 23.8 Å². The summed E-state index contributed by atoms with van der Waals surface area (Å²) in [6, 6.07) is 7.05. The molecule has 2 fully saturated rings. The van der Waals surface area contributed by atoms with Crippen LogP contribution in [0.2, 0.25) is 0 Å². The van der Waals surface area contributed by atoms with Crippen LogP contribution in [0.15, 0.2) is 18.2 Å². The Bertz CT molecular complexity index is 443. The lowest BCUT2D eigenvalue weighted by Gasteiger charge is -2.32. The second-order valence-electron chi connectivity index (χ2n) is 5.58. The van der Waals surface area contributed by atoms with Crippen LogP contribution in [-0.2, 0) is 4.74 Å². The number of hydrogen-bond donors (Lipinski definition) is 1. The number of ether oxygens (including phenoxy) is 1. The first-order chi connectivity index (χ1) is 9.24. The highest BCUT2D eigenvalue weighted by molar-refractivity contribution is 5.58. The van der Waals surface area contributed by atoms with E-state index < -0.39 is 0 Å². The molecule has 19 heavy (non-hydrogen) atoms. The van der Waals surface area contributed by atoms with E-state index in [1.807, 2.05) is 6.07 Å². The minimum absolute atomic E-state index is 0.682. The molecule has 1 aromatic rings. The Hall–Kier alpha value is -1.26. The van der Waals surface area contributed by atoms with Crippen molar-refractivity contribution < 1.29 is 4.74 Å². The maximum Gasteiger partial charge on any atom is 0.0594 e. The molecule has 1 aromatic carbocycles. The van der Waals surface area contributed by atoms with Crippen LogP contribution in [0.4, 0.5) is 11.4 Å². The summed E-state index contributed by atoms with van der Waals surface area (Å²) in [6.07, 6.45) is 1.25. The second kappa shape index (κ2) is 5.39. The molecule has 2 saturated heterocycles. The molecule has 1 unspecified atom stereocenters. The van der Waals surface area contributed by atoms with Gasteiger partial charge in [-0.05, 0) is 37.1 Å². The third kappa shape index (κ3) is 2.69. The first kappa shape index (κ1) is 12.8. The lowest BCUT2D eigenvalue weighted by Crippen LogP contribution is -2.44. The normalized spacial score (nSPS) is 24.9. The van der Waals surface area contributed by atoms with Gasteiger partial charge < -0.3 is 15.4 Å². The molecule has 0 radical (unpaired) electrons. The van der Waals surface area contributed by atoms with E-state index >= 15 is 0 Å². The third-order valence-corrected chi connectivity index (χ3v) is 4.34. The van der Waals surface area contributed by atoms with Crippen molar-refractivity contribution in [2.24, 2.45) is 0 Å². The summed E-state index contributed by atoms with van der Waals surface area (Å²) in [5.74, 6) is 0. The zero-order valence-electron chi connectivity index (χ0n) is 11.6. The number of rotatable bonds is 2. The number of nitrogens with zero attached hydrogens (tertiary/aromatic N) is 2. The Morgan fingerprint density at radius 2 is 2.00 bits per heavy atom. The van der Waals surface area contributed by atoms with E-state index in [0.29, 0.717) is 6.04 Å². The van der Waals surface area contributed by atoms with Crippen molar-refractivity contribution in [2.75, 3.05) is 50.0 Å². The molecular formula is C15H23N3O. The first-order valence-electron chi connectivity index (χ1n) is 7.17. The standard InChI is InChI=1S/C15H23N3O/c1-12-10-13(2-3-15(12)16)18-5-4-14(11-18)17-6-8-19-9-7-17/h2-3,10,14H,4-9,11,16H2,1H3. The summed E-state index contributed by atoms with van der Waals surface area (Å²) < 4.78 is 5.43. The molecule has 4 nitrogen and oxygen atoms in total. The largest absolute Gasteiger partial charge is 0.399 e. The van der Waals surface area contributed by atoms with Gasteiger partial charge in [-0.2, -0.15) is 0 Å². The van der Waals surface area contributed by atoms with Gasteiger partial charge in [0.25, 0.3) is 0 Å². The van der Waals surface area contributed by atoms with Gasteiger partial charge in [-0.3, -0.25) is 4.90 Å². The maximum atomic E-state index is 5.89. The van der Waals surface area contributed by atoms with Crippen molar-refractivity contribution in [3.63, 3.8) is 0 Å². The molecule has 1 atom stereocenters. The average Bonchev–Trinajstić information content (AvgIpc) is 2.93. The number of morpholine rings is 1. The molecule has 3 rings (SSSR count). The number of aryl methyl sites for hydroxylation is 1. The highest BCUT2D eigenvalue weighted by Gasteiger charge is 2.28. The summed E-state index contributed by atoms with van der Waals surface area (Å²) in [7, 11) is 0. The van der Waals surface area contributed by atoms with Gasteiger partial charge in [-0.1, -0.05) is 0 Å². The Morgan fingerprint density at radius 3 is 2.74 bits per heavy atom. The van der Waals surface area contributed by atoms with Crippen LogP contribution in [0.25, 0.3) is 0 Å². The van der Waals surface area contributed by atoms with Gasteiger partial charge >= 0.3 is 0 Å². The summed E-state index contributed by atoms with van der Waals surface area (Å²) >= 11 is 0. The Labute approximate surface area is 115 Å². The number of hydrogen-bond acceptors (Lipinski definition) is 4. The van der Waals surface area contributed by atoms with E-state index in [-0.39, 0.29) is 0 Å². The van der Waals surface area contributed by atoms with Gasteiger partial charge in [0.2, 0.25) is 0 Å². The zero-order chi connectivity index (χ0) is 13.2. The van der Waals surface area contributed by atoms with Crippen LogP contribution in [0.3, 0.4) is 0 Å². The lowest BCUT2D eigenvalue weighted by molar-refractivity contribution is 0.0209. The Kier molecular flexibility index (Phi) is 3.62. The van der Waals surface area contributed by atoms with E-state index in [2.05, 4.69) is 28.9 Å². The van der Waals surface area contributed by atoms with Crippen LogP contribution in [0, 0.1) is 6.92 Å². The molecule has 2 aliphatic rings. The fraction of sp³-hybridized carbons (Fsp3) is 0.600. The van der Waals surface area contributed by atoms with Crippen LogP contribution in [0.1, 0.15) is 12.0 Å². The Balaban J connectivity index is 1.66. The summed E-state index contributed by atoms with van der Waals surface area (Å²) in [6.45, 7) is 8.29. The van der Waals surface area contributed by atoms with E-state index in [1.165, 1.54) is 17.7 Å². The van der Waals surface area contributed by atoms with Gasteiger partial charge in [-0.15, -0.1) is 0 Å². The van der Waals surface area contributed by atoms with Crippen LogP contribution in [-0.4, -0.2) is 50.3 Å². The molecule has 2 N–H and O–H groups in total. The maximum absolute atomic E-state index is 5.89. The number of nitrogen functional groups attached to an aromatic ring is 1. The van der Waals surface area contributed by atoms with Crippen LogP contribution in [0.5, 0.6) is 0 Å². The quantitative estimate of drug-likeness (QED) is 0.819. The van der Waals surface area contributed by atoms with E-state index in [1.54, 1.807) is 0 Å². The number of nitrogens with two attached hydrogens (primary N) is 1. The molecular weight excluding hydrogens is 238 g/mol. The van der Waals surface area contributed by atoms with Gasteiger partial charge in [0.05, 0.1) is 13.2 Å². The molecule has 0 amide bonds. The highest BCUT2D eigenvalue weighted by atomic mass is 16.5. The van der Waals surface area contributed by atoms with Gasteiger partial charge in [0.15, 0.2) is 0 Å². The van der Waals surface area contributed by atoms with E-state index in [0.717, 1.165) is 45.1 Å². The van der Waals surface area contributed by atoms with Crippen molar-refractivity contribution in [3.8, 4) is 0 Å². The lowest BCUT2D eigenvalue weighted by atomic mass is 10.1. The monoisotopic (exact) mass is 261 g/mol. The smallest absolute Gasteiger partial charge is 0.0594 e. The summed E-state index contributed by atoms with van der Waals surface area (Å²) in [4.78, 5) is 5.06. The predicted octanol–water partition coefficient (Wildman–Crippen LogP) is 1.49. The van der Waals surface area contributed by atoms with Crippen molar-refractivity contribution in [1.82, 2.24) is 4.90 Å². The molecule has 2 heterocycles. The molecule has 0 spiro atoms. The number of anilines is 2. The summed E-state index contributed by atoms with van der Waals surface area (Å²) in [5.41, 5.74) is 9.25. The highest BCUT2D eigenvalue weighted by Crippen LogP contribution is 2.26. The van der Waals surface area contributed by atoms with Gasteiger partial charge in [0, 0.05) is 43.6 Å². The number of benzene rings is 1. The predicted molar refractivity (Wildman–Crippen MR) is 78.6 cm³/mol. The van der Waals surface area contributed by atoms with Crippen molar-refractivity contribution in [2.45, 2.75) is 19.4 Å². The minimum Gasteiger partial charge on any atom is -0.399 e. The molecule has 0 saturated carbocycles. The minimum atomic E-state index is 0.682. The van der Waals surface area contributed by atoms with Gasteiger partial charge in [0.1, 0.15) is 0 Å². The SMILES string of the molecule is Cc1cc(N2CCC(N3CCOCC3)C2)ccc1N. The first-order valence-corrected chi connectivity index (χ1v) is 7.17. The molecule has 0 bridgehead atoms. The zero-order valence-corrected chi connectivity index (χ0v) is 11.6. The van der Waals surface area contributed by atoms with E-state index in [9.17, 15) is 0 Å². The fourth-order valence-electron chi connectivity index (χ4n) is 3.07. The van der Waals surface area contributed by atoms with Crippen LogP contribution < -0.4 is 10.6 Å².